The number of anilines is 2. The maximum atomic E-state index is 12.9. The number of thiazole rings is 1. The molecule has 0 aliphatic carbocycles. The molecule has 0 atom stereocenters. The maximum absolute atomic E-state index is 12.9. The van der Waals surface area contributed by atoms with Gasteiger partial charge in [0.15, 0.2) is 11.1 Å². The van der Waals surface area contributed by atoms with Crippen LogP contribution in [0.5, 0.6) is 0 Å². The molecular formula is C23H31N7O4S. The number of nitrogens with one attached hydrogen (secondary N) is 4. The van der Waals surface area contributed by atoms with Gasteiger partial charge < -0.3 is 31.3 Å². The first-order chi connectivity index (χ1) is 16.8. The zero-order valence-electron chi connectivity index (χ0n) is 19.7. The van der Waals surface area contributed by atoms with Crippen molar-refractivity contribution in [2.45, 2.75) is 32.6 Å². The number of amides is 3. The first-order valence-electron chi connectivity index (χ1n) is 11.4. The van der Waals surface area contributed by atoms with Crippen molar-refractivity contribution in [1.29, 1.82) is 5.41 Å². The largest absolute Gasteiger partial charge is 0.378 e. The lowest BCUT2D eigenvalue weighted by molar-refractivity contribution is -0.135. The van der Waals surface area contributed by atoms with E-state index in [1.165, 1.54) is 6.92 Å². The minimum Gasteiger partial charge on any atom is -0.378 e. The fourth-order valence-electron chi connectivity index (χ4n) is 3.57. The average molecular weight is 502 g/mol. The number of nitrogens with zero attached hydrogens (tertiary/aromatic N) is 2. The molecule has 3 rings (SSSR count). The number of nitrogens with two attached hydrogens (primary N) is 1. The molecule has 2 aromatic rings. The Kier molecular flexibility index (Phi) is 9.56. The van der Waals surface area contributed by atoms with Crippen LogP contribution in [0.3, 0.4) is 0 Å². The van der Waals surface area contributed by atoms with Gasteiger partial charge in [-0.25, -0.2) is 4.98 Å². The van der Waals surface area contributed by atoms with Crippen LogP contribution in [0.4, 0.5) is 10.8 Å². The molecule has 11 nitrogen and oxygen atoms in total. The summed E-state index contributed by atoms with van der Waals surface area (Å²) in [4.78, 5) is 43.3. The molecule has 1 aromatic heterocycles. The van der Waals surface area contributed by atoms with Gasteiger partial charge in [0.2, 0.25) is 11.8 Å². The van der Waals surface area contributed by atoms with E-state index in [1.807, 2.05) is 24.3 Å². The van der Waals surface area contributed by atoms with E-state index >= 15 is 0 Å². The van der Waals surface area contributed by atoms with Crippen LogP contribution in [-0.4, -0.2) is 66.4 Å². The second-order valence-electron chi connectivity index (χ2n) is 8.06. The highest BCUT2D eigenvalue weighted by Gasteiger charge is 2.20. The third-order valence-corrected chi connectivity index (χ3v) is 6.30. The molecule has 0 unspecified atom stereocenters. The van der Waals surface area contributed by atoms with Gasteiger partial charge in [0, 0.05) is 38.7 Å². The molecule has 2 heterocycles. The number of rotatable bonds is 10. The average Bonchev–Trinajstić information content (AvgIpc) is 3.23. The second-order valence-corrected chi connectivity index (χ2v) is 9.06. The summed E-state index contributed by atoms with van der Waals surface area (Å²) < 4.78 is 5.26. The Bertz CT molecular complexity index is 1050. The highest BCUT2D eigenvalue weighted by atomic mass is 32.1. The van der Waals surface area contributed by atoms with Crippen LogP contribution in [-0.2, 0) is 27.2 Å². The van der Waals surface area contributed by atoms with E-state index in [-0.39, 0.29) is 23.7 Å². The van der Waals surface area contributed by atoms with Crippen LogP contribution in [0, 0.1) is 5.41 Å². The van der Waals surface area contributed by atoms with Crippen molar-refractivity contribution in [2.24, 2.45) is 5.73 Å². The van der Waals surface area contributed by atoms with Crippen molar-refractivity contribution in [3.05, 3.63) is 40.4 Å². The van der Waals surface area contributed by atoms with Gasteiger partial charge in [-0.2, -0.15) is 0 Å². The van der Waals surface area contributed by atoms with Gasteiger partial charge in [-0.15, -0.1) is 0 Å². The Hall–Kier alpha value is -3.51. The standard InChI is InChI=1S/C23H31N7O4S/c1-15(31)27-23-29-18(9-6-16-4-7-17(8-5-16)28-22(24)25)20(35-23)21(33)26-10-2-3-19(32)30-11-13-34-14-12-30/h4-5,7-8H,2-3,6,9-14H2,1H3,(H,26,33)(H4,24,25,28)(H,27,29,31). The zero-order valence-corrected chi connectivity index (χ0v) is 20.5. The molecule has 0 spiro atoms. The number of aryl methyl sites for hydroxylation is 2. The lowest BCUT2D eigenvalue weighted by Crippen LogP contribution is -2.40. The highest BCUT2D eigenvalue weighted by Crippen LogP contribution is 2.25. The van der Waals surface area contributed by atoms with Crippen molar-refractivity contribution in [2.75, 3.05) is 43.5 Å². The molecule has 1 saturated heterocycles. The molecule has 35 heavy (non-hydrogen) atoms. The first-order valence-corrected chi connectivity index (χ1v) is 12.2. The van der Waals surface area contributed by atoms with E-state index < -0.39 is 0 Å². The molecule has 1 fully saturated rings. The van der Waals surface area contributed by atoms with E-state index in [0.717, 1.165) is 22.6 Å². The van der Waals surface area contributed by atoms with Gasteiger partial charge in [0.1, 0.15) is 4.88 Å². The fraction of sp³-hybridized carbons (Fsp3) is 0.435. The lowest BCUT2D eigenvalue weighted by atomic mass is 10.1. The number of hydrogen-bond acceptors (Lipinski definition) is 7. The summed E-state index contributed by atoms with van der Waals surface area (Å²) in [5.41, 5.74) is 7.70. The topological polar surface area (TPSA) is 163 Å². The van der Waals surface area contributed by atoms with Gasteiger partial charge in [-0.05, 0) is 37.0 Å². The minimum absolute atomic E-state index is 0.0681. The number of morpholine rings is 1. The Morgan fingerprint density at radius 1 is 1.14 bits per heavy atom. The van der Waals surface area contributed by atoms with Crippen molar-refractivity contribution < 1.29 is 19.1 Å². The molecule has 12 heteroatoms. The number of benzene rings is 1. The number of ether oxygens (including phenoxy) is 1. The lowest BCUT2D eigenvalue weighted by Gasteiger charge is -2.26. The number of guanidine groups is 1. The predicted molar refractivity (Wildman–Crippen MR) is 135 cm³/mol. The number of hydrogen-bond donors (Lipinski definition) is 5. The van der Waals surface area contributed by atoms with Gasteiger partial charge >= 0.3 is 0 Å². The highest BCUT2D eigenvalue weighted by molar-refractivity contribution is 7.17. The number of carbonyl (C=O) groups excluding carboxylic acids is 3. The van der Waals surface area contributed by atoms with Crippen LogP contribution in [0.1, 0.15) is 40.7 Å². The van der Waals surface area contributed by atoms with Crippen molar-refractivity contribution >= 4 is 45.8 Å². The van der Waals surface area contributed by atoms with Gasteiger partial charge in [-0.1, -0.05) is 23.5 Å². The second kappa shape index (κ2) is 12.8. The van der Waals surface area contributed by atoms with E-state index in [4.69, 9.17) is 15.9 Å². The summed E-state index contributed by atoms with van der Waals surface area (Å²) in [6.07, 6.45) is 2.04. The summed E-state index contributed by atoms with van der Waals surface area (Å²) in [6, 6.07) is 7.48. The Morgan fingerprint density at radius 2 is 1.86 bits per heavy atom. The SMILES string of the molecule is CC(=O)Nc1nc(CCc2ccc(NC(=N)N)cc2)c(C(=O)NCCCC(=O)N2CCOCC2)s1. The molecule has 1 aliphatic heterocycles. The van der Waals surface area contributed by atoms with Crippen LogP contribution in [0.25, 0.3) is 0 Å². The molecule has 1 aliphatic rings. The monoisotopic (exact) mass is 501 g/mol. The third-order valence-electron chi connectivity index (χ3n) is 5.29. The number of aromatic nitrogens is 1. The van der Waals surface area contributed by atoms with E-state index in [2.05, 4.69) is 20.9 Å². The number of carbonyl (C=O) groups is 3. The fourth-order valence-corrected chi connectivity index (χ4v) is 4.54. The van der Waals surface area contributed by atoms with Crippen molar-refractivity contribution in [3.8, 4) is 0 Å². The van der Waals surface area contributed by atoms with Crippen molar-refractivity contribution in [3.63, 3.8) is 0 Å². The van der Waals surface area contributed by atoms with Crippen LogP contribution >= 0.6 is 11.3 Å². The smallest absolute Gasteiger partial charge is 0.263 e. The van der Waals surface area contributed by atoms with Gasteiger partial charge in [-0.3, -0.25) is 19.8 Å². The zero-order chi connectivity index (χ0) is 25.2. The molecule has 188 valence electrons. The molecule has 0 bridgehead atoms. The van der Waals surface area contributed by atoms with Crippen LogP contribution in [0.15, 0.2) is 24.3 Å². The van der Waals surface area contributed by atoms with Crippen LogP contribution < -0.4 is 21.7 Å². The summed E-state index contributed by atoms with van der Waals surface area (Å²) in [5, 5.41) is 15.9. The summed E-state index contributed by atoms with van der Waals surface area (Å²) >= 11 is 1.14. The molecule has 6 N–H and O–H groups in total. The van der Waals surface area contributed by atoms with Gasteiger partial charge in [0.25, 0.3) is 5.91 Å². The predicted octanol–water partition coefficient (Wildman–Crippen LogP) is 1.56. The molecule has 1 aromatic carbocycles. The normalized spacial score (nSPS) is 13.2. The van der Waals surface area contributed by atoms with Gasteiger partial charge in [0.05, 0.1) is 18.9 Å². The molecule has 0 radical (unpaired) electrons. The minimum atomic E-state index is -0.270. The summed E-state index contributed by atoms with van der Waals surface area (Å²) in [6.45, 7) is 4.10. The van der Waals surface area contributed by atoms with Crippen molar-refractivity contribution in [1.82, 2.24) is 15.2 Å². The molecular weight excluding hydrogens is 470 g/mol. The quantitative estimate of drug-likeness (QED) is 0.187. The third kappa shape index (κ3) is 8.34. The maximum Gasteiger partial charge on any atom is 0.263 e. The van der Waals surface area contributed by atoms with E-state index in [0.29, 0.717) is 74.2 Å². The molecule has 3 amide bonds. The molecule has 0 saturated carbocycles. The van der Waals surface area contributed by atoms with E-state index in [9.17, 15) is 14.4 Å². The summed E-state index contributed by atoms with van der Waals surface area (Å²) in [5.74, 6) is -0.591. The van der Waals surface area contributed by atoms with Crippen LogP contribution in [0.2, 0.25) is 0 Å². The van der Waals surface area contributed by atoms with E-state index in [1.54, 1.807) is 4.90 Å². The first kappa shape index (κ1) is 26.1. The summed E-state index contributed by atoms with van der Waals surface area (Å²) in [7, 11) is 0. The Balaban J connectivity index is 1.56. The Morgan fingerprint density at radius 3 is 2.51 bits per heavy atom. The Labute approximate surface area is 207 Å².